The molecule has 136 valence electrons. The summed E-state index contributed by atoms with van der Waals surface area (Å²) >= 11 is 0. The number of nitrogens with zero attached hydrogens (tertiary/aromatic N) is 2. The summed E-state index contributed by atoms with van der Waals surface area (Å²) in [5.41, 5.74) is 3.21. The molecule has 0 atom stereocenters. The lowest BCUT2D eigenvalue weighted by Gasteiger charge is -2.29. The molecule has 2 aromatic carbocycles. The van der Waals surface area contributed by atoms with Gasteiger partial charge < -0.3 is 24.3 Å². The molecule has 0 amide bonds. The molecule has 0 radical (unpaired) electrons. The third-order valence-corrected chi connectivity index (χ3v) is 5.29. The SMILES string of the molecule is COc1ccc2c(c1)nc(-c1cc(OC)c(O)c(O)c1C)n2C1CCC1. The van der Waals surface area contributed by atoms with Crippen molar-refractivity contribution in [2.75, 3.05) is 14.2 Å². The van der Waals surface area contributed by atoms with Crippen molar-refractivity contribution in [2.45, 2.75) is 32.2 Å². The number of hydrogen-bond acceptors (Lipinski definition) is 5. The summed E-state index contributed by atoms with van der Waals surface area (Å²) in [7, 11) is 3.10. The van der Waals surface area contributed by atoms with Crippen LogP contribution in [0.5, 0.6) is 23.0 Å². The Morgan fingerprint density at radius 1 is 1.08 bits per heavy atom. The number of imidazole rings is 1. The van der Waals surface area contributed by atoms with Gasteiger partial charge in [0, 0.05) is 23.2 Å². The summed E-state index contributed by atoms with van der Waals surface area (Å²) in [6, 6.07) is 7.99. The fourth-order valence-corrected chi connectivity index (χ4v) is 3.53. The maximum Gasteiger partial charge on any atom is 0.200 e. The van der Waals surface area contributed by atoms with E-state index in [4.69, 9.17) is 14.5 Å². The maximum absolute atomic E-state index is 10.3. The minimum atomic E-state index is -0.248. The van der Waals surface area contributed by atoms with Crippen LogP contribution in [0.25, 0.3) is 22.4 Å². The molecule has 2 N–H and O–H groups in total. The molecule has 1 aliphatic carbocycles. The fourth-order valence-electron chi connectivity index (χ4n) is 3.53. The van der Waals surface area contributed by atoms with Crippen LogP contribution in [0.15, 0.2) is 24.3 Å². The lowest BCUT2D eigenvalue weighted by molar-refractivity contribution is 0.322. The number of rotatable bonds is 4. The van der Waals surface area contributed by atoms with Gasteiger partial charge in [0.1, 0.15) is 11.6 Å². The summed E-state index contributed by atoms with van der Waals surface area (Å²) in [6.07, 6.45) is 3.40. The standard InChI is InChI=1S/C20H22N2O4/c1-11-14(10-17(26-3)19(24)18(11)23)20-21-15-9-13(25-2)7-8-16(15)22(20)12-5-4-6-12/h7-10,12,23-24H,4-6H2,1-3H3. The molecule has 1 saturated carbocycles. The van der Waals surface area contributed by atoms with Gasteiger partial charge in [-0.2, -0.15) is 0 Å². The van der Waals surface area contributed by atoms with Gasteiger partial charge in [0.2, 0.25) is 5.75 Å². The van der Waals surface area contributed by atoms with Crippen molar-refractivity contribution >= 4 is 11.0 Å². The normalized spacial score (nSPS) is 14.4. The second-order valence-electron chi connectivity index (χ2n) is 6.69. The predicted molar refractivity (Wildman–Crippen MR) is 99.2 cm³/mol. The number of ether oxygens (including phenoxy) is 2. The Kier molecular flexibility index (Phi) is 3.90. The number of benzene rings is 2. The molecule has 1 fully saturated rings. The third kappa shape index (κ3) is 2.36. The molecule has 1 aliphatic rings. The van der Waals surface area contributed by atoms with Gasteiger partial charge in [-0.25, -0.2) is 4.98 Å². The molecule has 6 heteroatoms. The van der Waals surface area contributed by atoms with E-state index in [2.05, 4.69) is 4.57 Å². The van der Waals surface area contributed by atoms with Crippen LogP contribution in [-0.4, -0.2) is 34.0 Å². The van der Waals surface area contributed by atoms with Crippen LogP contribution in [0.3, 0.4) is 0 Å². The highest BCUT2D eigenvalue weighted by Gasteiger charge is 2.27. The highest BCUT2D eigenvalue weighted by atomic mass is 16.5. The van der Waals surface area contributed by atoms with Gasteiger partial charge in [0.05, 0.1) is 25.3 Å². The molecule has 0 spiro atoms. The minimum Gasteiger partial charge on any atom is -0.504 e. The highest BCUT2D eigenvalue weighted by molar-refractivity contribution is 5.84. The van der Waals surface area contributed by atoms with Crippen molar-refractivity contribution in [3.05, 3.63) is 29.8 Å². The zero-order valence-corrected chi connectivity index (χ0v) is 15.1. The highest BCUT2D eigenvalue weighted by Crippen LogP contribution is 2.46. The zero-order valence-electron chi connectivity index (χ0n) is 15.1. The largest absolute Gasteiger partial charge is 0.504 e. The first-order valence-corrected chi connectivity index (χ1v) is 8.71. The molecule has 3 aromatic rings. The van der Waals surface area contributed by atoms with E-state index < -0.39 is 0 Å². The summed E-state index contributed by atoms with van der Waals surface area (Å²) in [4.78, 5) is 4.84. The quantitative estimate of drug-likeness (QED) is 0.688. The molecule has 4 rings (SSSR count). The van der Waals surface area contributed by atoms with E-state index in [0.717, 1.165) is 41.0 Å². The Morgan fingerprint density at radius 3 is 2.46 bits per heavy atom. The zero-order chi connectivity index (χ0) is 18.4. The van der Waals surface area contributed by atoms with Crippen molar-refractivity contribution in [3.8, 4) is 34.4 Å². The Balaban J connectivity index is 2.00. The average Bonchev–Trinajstić information content (AvgIpc) is 2.96. The third-order valence-electron chi connectivity index (χ3n) is 5.29. The number of aromatic nitrogens is 2. The lowest BCUT2D eigenvalue weighted by Crippen LogP contribution is -2.18. The van der Waals surface area contributed by atoms with Gasteiger partial charge in [-0.15, -0.1) is 0 Å². The number of hydrogen-bond donors (Lipinski definition) is 2. The number of phenolic OH excluding ortho intramolecular Hbond substituents is 2. The van der Waals surface area contributed by atoms with Crippen LogP contribution in [0.4, 0.5) is 0 Å². The van der Waals surface area contributed by atoms with Crippen LogP contribution < -0.4 is 9.47 Å². The molecule has 1 aromatic heterocycles. The molecule has 0 unspecified atom stereocenters. The summed E-state index contributed by atoms with van der Waals surface area (Å²) in [5.74, 6) is 1.33. The van der Waals surface area contributed by atoms with Crippen LogP contribution in [0, 0.1) is 6.92 Å². The van der Waals surface area contributed by atoms with E-state index in [9.17, 15) is 10.2 Å². The minimum absolute atomic E-state index is 0.177. The van der Waals surface area contributed by atoms with Crippen LogP contribution >= 0.6 is 0 Å². The van der Waals surface area contributed by atoms with Gasteiger partial charge in [0.25, 0.3) is 0 Å². The number of methoxy groups -OCH3 is 2. The first kappa shape index (κ1) is 16.6. The van der Waals surface area contributed by atoms with Crippen molar-refractivity contribution in [1.82, 2.24) is 9.55 Å². The molecule has 0 bridgehead atoms. The number of fused-ring (bicyclic) bond motifs is 1. The van der Waals surface area contributed by atoms with Crippen molar-refractivity contribution in [1.29, 1.82) is 0 Å². The molecular weight excluding hydrogens is 332 g/mol. The van der Waals surface area contributed by atoms with Crippen molar-refractivity contribution in [2.24, 2.45) is 0 Å². The maximum atomic E-state index is 10.3. The fraction of sp³-hybridized carbons (Fsp3) is 0.350. The van der Waals surface area contributed by atoms with Gasteiger partial charge >= 0.3 is 0 Å². The van der Waals surface area contributed by atoms with Crippen LogP contribution in [-0.2, 0) is 0 Å². The van der Waals surface area contributed by atoms with E-state index in [1.165, 1.54) is 13.5 Å². The second-order valence-corrected chi connectivity index (χ2v) is 6.69. The first-order chi connectivity index (χ1) is 12.5. The van der Waals surface area contributed by atoms with E-state index >= 15 is 0 Å². The van der Waals surface area contributed by atoms with E-state index in [1.54, 1.807) is 20.1 Å². The molecule has 0 saturated heterocycles. The summed E-state index contributed by atoms with van der Waals surface area (Å²) < 4.78 is 12.8. The van der Waals surface area contributed by atoms with Gasteiger partial charge in [-0.3, -0.25) is 0 Å². The lowest BCUT2D eigenvalue weighted by atomic mass is 9.92. The van der Waals surface area contributed by atoms with E-state index in [0.29, 0.717) is 11.6 Å². The second kappa shape index (κ2) is 6.12. The smallest absolute Gasteiger partial charge is 0.200 e. The summed E-state index contributed by atoms with van der Waals surface area (Å²) in [6.45, 7) is 1.77. The molecular formula is C20H22N2O4. The van der Waals surface area contributed by atoms with Crippen LogP contribution in [0.1, 0.15) is 30.9 Å². The molecule has 6 nitrogen and oxygen atoms in total. The Bertz CT molecular complexity index is 989. The van der Waals surface area contributed by atoms with Gasteiger partial charge in [-0.1, -0.05) is 0 Å². The topological polar surface area (TPSA) is 76.7 Å². The Labute approximate surface area is 151 Å². The van der Waals surface area contributed by atoms with Gasteiger partial charge in [-0.05, 0) is 44.4 Å². The molecule has 26 heavy (non-hydrogen) atoms. The van der Waals surface area contributed by atoms with Crippen molar-refractivity contribution < 1.29 is 19.7 Å². The monoisotopic (exact) mass is 354 g/mol. The summed E-state index contributed by atoms with van der Waals surface area (Å²) in [5, 5.41) is 20.4. The van der Waals surface area contributed by atoms with Crippen LogP contribution in [0.2, 0.25) is 0 Å². The molecule has 1 heterocycles. The molecule has 0 aliphatic heterocycles. The van der Waals surface area contributed by atoms with E-state index in [-0.39, 0.29) is 17.2 Å². The van der Waals surface area contributed by atoms with Gasteiger partial charge in [0.15, 0.2) is 11.5 Å². The number of phenols is 2. The average molecular weight is 354 g/mol. The number of aromatic hydroxyl groups is 2. The Hall–Kier alpha value is -2.89. The predicted octanol–water partition coefficient (Wildman–Crippen LogP) is 4.17. The first-order valence-electron chi connectivity index (χ1n) is 8.71. The Morgan fingerprint density at radius 2 is 1.85 bits per heavy atom. The van der Waals surface area contributed by atoms with Crippen molar-refractivity contribution in [3.63, 3.8) is 0 Å². The van der Waals surface area contributed by atoms with E-state index in [1.807, 2.05) is 18.2 Å².